The fourth-order valence-corrected chi connectivity index (χ4v) is 1.63. The van der Waals surface area contributed by atoms with Gasteiger partial charge in [-0.05, 0) is 18.9 Å². The molecule has 1 heterocycles. The third-order valence-corrected chi connectivity index (χ3v) is 2.71. The van der Waals surface area contributed by atoms with Gasteiger partial charge < -0.3 is 4.90 Å². The minimum atomic E-state index is -0.162. The van der Waals surface area contributed by atoms with Gasteiger partial charge in [-0.1, -0.05) is 20.3 Å². The molecule has 0 radical (unpaired) electrons. The molecule has 0 aliphatic rings. The molecule has 0 N–H and O–H groups in total. The van der Waals surface area contributed by atoms with Crippen molar-refractivity contribution in [2.75, 3.05) is 13.6 Å². The number of amides is 1. The van der Waals surface area contributed by atoms with Crippen LogP contribution >= 0.6 is 0 Å². The van der Waals surface area contributed by atoms with Gasteiger partial charge in [0, 0.05) is 26.2 Å². The Kier molecular flexibility index (Phi) is 5.55. The fourth-order valence-electron chi connectivity index (χ4n) is 1.63. The summed E-state index contributed by atoms with van der Waals surface area (Å²) >= 11 is 0. The molecular weight excluding hydrogens is 230 g/mol. The van der Waals surface area contributed by atoms with Crippen LogP contribution in [0.1, 0.15) is 43.6 Å². The van der Waals surface area contributed by atoms with Crippen molar-refractivity contribution in [3.63, 3.8) is 0 Å². The van der Waals surface area contributed by atoms with E-state index in [-0.39, 0.29) is 11.5 Å². The smallest absolute Gasteiger partial charge is 0.274 e. The molecule has 0 aliphatic heterocycles. The lowest BCUT2D eigenvalue weighted by atomic mass is 10.3. The lowest BCUT2D eigenvalue weighted by Gasteiger charge is -2.16. The van der Waals surface area contributed by atoms with Crippen LogP contribution in [0, 0.1) is 0 Å². The first-order valence-corrected chi connectivity index (χ1v) is 6.43. The first-order valence-electron chi connectivity index (χ1n) is 6.43. The molecule has 0 spiro atoms. The molecule has 1 aromatic heterocycles. The number of nitrogens with zero attached hydrogens (tertiary/aromatic N) is 3. The molecule has 1 aromatic rings. The summed E-state index contributed by atoms with van der Waals surface area (Å²) in [6.07, 6.45) is 2.83. The average Bonchev–Trinajstić information content (AvgIpc) is 2.38. The summed E-state index contributed by atoms with van der Waals surface area (Å²) in [5.41, 5.74) is 0.172. The van der Waals surface area contributed by atoms with Crippen LogP contribution in [-0.2, 0) is 6.54 Å². The van der Waals surface area contributed by atoms with Crippen LogP contribution in [0.4, 0.5) is 0 Å². The number of hydrogen-bond acceptors (Lipinski definition) is 3. The predicted molar refractivity (Wildman–Crippen MR) is 70.7 cm³/mol. The van der Waals surface area contributed by atoms with E-state index in [1.165, 1.54) is 16.8 Å². The van der Waals surface area contributed by atoms with Gasteiger partial charge in [0.25, 0.3) is 11.5 Å². The number of aryl methyl sites for hydroxylation is 1. The Bertz CT molecular complexity index is 454. The molecule has 0 aromatic carbocycles. The summed E-state index contributed by atoms with van der Waals surface area (Å²) in [4.78, 5) is 25.2. The number of unbranched alkanes of at least 4 members (excludes halogenated alkanes) is 1. The molecule has 0 saturated carbocycles. The van der Waals surface area contributed by atoms with Crippen molar-refractivity contribution in [2.45, 2.75) is 39.7 Å². The highest BCUT2D eigenvalue weighted by Crippen LogP contribution is 2.00. The fraction of sp³-hybridized carbons (Fsp3) is 0.615. The quantitative estimate of drug-likeness (QED) is 0.770. The van der Waals surface area contributed by atoms with E-state index in [1.54, 1.807) is 11.9 Å². The molecule has 5 nitrogen and oxygen atoms in total. The van der Waals surface area contributed by atoms with E-state index >= 15 is 0 Å². The van der Waals surface area contributed by atoms with E-state index in [1.807, 2.05) is 6.92 Å². The normalized spacial score (nSPS) is 10.4. The summed E-state index contributed by atoms with van der Waals surface area (Å²) in [6, 6.07) is 2.91. The number of carbonyl (C=O) groups is 1. The van der Waals surface area contributed by atoms with Crippen molar-refractivity contribution in [3.05, 3.63) is 28.2 Å². The van der Waals surface area contributed by atoms with Crippen molar-refractivity contribution in [1.82, 2.24) is 14.7 Å². The van der Waals surface area contributed by atoms with Gasteiger partial charge in [-0.25, -0.2) is 4.68 Å². The zero-order valence-electron chi connectivity index (χ0n) is 11.3. The lowest BCUT2D eigenvalue weighted by Crippen LogP contribution is -2.31. The van der Waals surface area contributed by atoms with Gasteiger partial charge in [-0.2, -0.15) is 5.10 Å². The van der Waals surface area contributed by atoms with Gasteiger partial charge in [0.05, 0.1) is 0 Å². The van der Waals surface area contributed by atoms with E-state index in [2.05, 4.69) is 12.0 Å². The van der Waals surface area contributed by atoms with Gasteiger partial charge in [-0.15, -0.1) is 0 Å². The lowest BCUT2D eigenvalue weighted by molar-refractivity contribution is 0.0784. The minimum absolute atomic E-state index is 0.131. The zero-order chi connectivity index (χ0) is 13.5. The third kappa shape index (κ3) is 3.68. The average molecular weight is 251 g/mol. The molecule has 0 atom stereocenters. The molecule has 0 unspecified atom stereocenters. The highest BCUT2D eigenvalue weighted by Gasteiger charge is 2.13. The summed E-state index contributed by atoms with van der Waals surface area (Å²) in [5.74, 6) is -0.131. The second-order valence-electron chi connectivity index (χ2n) is 4.36. The van der Waals surface area contributed by atoms with Crippen molar-refractivity contribution >= 4 is 5.91 Å². The highest BCUT2D eigenvalue weighted by atomic mass is 16.2. The van der Waals surface area contributed by atoms with E-state index in [9.17, 15) is 9.59 Å². The molecular formula is C13H21N3O2. The largest absolute Gasteiger partial charge is 0.340 e. The van der Waals surface area contributed by atoms with Crippen molar-refractivity contribution in [1.29, 1.82) is 0 Å². The molecule has 1 amide bonds. The second kappa shape index (κ2) is 6.93. The maximum Gasteiger partial charge on any atom is 0.274 e. The number of hydrogen-bond donors (Lipinski definition) is 0. The zero-order valence-corrected chi connectivity index (χ0v) is 11.3. The van der Waals surface area contributed by atoms with Crippen LogP contribution in [-0.4, -0.2) is 34.2 Å². The van der Waals surface area contributed by atoms with Crippen molar-refractivity contribution < 1.29 is 4.79 Å². The van der Waals surface area contributed by atoms with E-state index in [0.717, 1.165) is 19.3 Å². The highest BCUT2D eigenvalue weighted by molar-refractivity contribution is 5.91. The monoisotopic (exact) mass is 251 g/mol. The van der Waals surface area contributed by atoms with Crippen LogP contribution in [0.5, 0.6) is 0 Å². The molecule has 18 heavy (non-hydrogen) atoms. The molecule has 1 rings (SSSR count). The van der Waals surface area contributed by atoms with E-state index in [4.69, 9.17) is 0 Å². The summed E-state index contributed by atoms with van der Waals surface area (Å²) < 4.78 is 1.35. The number of aromatic nitrogens is 2. The molecule has 5 heteroatoms. The standard InChI is InChI=1S/C13H21N3O2/c1-4-6-10-15(3)13(18)11-7-8-12(17)16(14-11)9-5-2/h7-8H,4-6,9-10H2,1-3H3. The van der Waals surface area contributed by atoms with Crippen LogP contribution in [0.15, 0.2) is 16.9 Å². The van der Waals surface area contributed by atoms with Gasteiger partial charge in [0.2, 0.25) is 0 Å². The molecule has 100 valence electrons. The first-order chi connectivity index (χ1) is 8.60. The molecule has 0 aliphatic carbocycles. The Hall–Kier alpha value is -1.65. The van der Waals surface area contributed by atoms with Gasteiger partial charge in [0.1, 0.15) is 5.69 Å². The van der Waals surface area contributed by atoms with Crippen molar-refractivity contribution in [3.8, 4) is 0 Å². The maximum atomic E-state index is 12.1. The van der Waals surface area contributed by atoms with Crippen molar-refractivity contribution in [2.24, 2.45) is 0 Å². The van der Waals surface area contributed by atoms with Crippen LogP contribution in [0.2, 0.25) is 0 Å². The van der Waals surface area contributed by atoms with Crippen LogP contribution in [0.3, 0.4) is 0 Å². The Morgan fingerprint density at radius 1 is 1.33 bits per heavy atom. The number of carbonyl (C=O) groups excluding carboxylic acids is 1. The Balaban J connectivity index is 2.85. The molecule has 0 saturated heterocycles. The summed E-state index contributed by atoms with van der Waals surface area (Å²) in [5, 5.41) is 4.10. The maximum absolute atomic E-state index is 12.1. The van der Waals surface area contributed by atoms with Crippen LogP contribution < -0.4 is 5.56 Å². The van der Waals surface area contributed by atoms with Gasteiger partial charge in [0.15, 0.2) is 0 Å². The predicted octanol–water partition coefficient (Wildman–Crippen LogP) is 1.53. The number of rotatable bonds is 6. The summed E-state index contributed by atoms with van der Waals surface area (Å²) in [7, 11) is 1.76. The topological polar surface area (TPSA) is 55.2 Å². The van der Waals surface area contributed by atoms with Gasteiger partial charge >= 0.3 is 0 Å². The Labute approximate surface area is 107 Å². The van der Waals surface area contributed by atoms with Crippen LogP contribution in [0.25, 0.3) is 0 Å². The minimum Gasteiger partial charge on any atom is -0.340 e. The molecule has 0 bridgehead atoms. The van der Waals surface area contributed by atoms with E-state index in [0.29, 0.717) is 18.8 Å². The molecule has 0 fully saturated rings. The van der Waals surface area contributed by atoms with E-state index < -0.39 is 0 Å². The first kappa shape index (κ1) is 14.4. The second-order valence-corrected chi connectivity index (χ2v) is 4.36. The summed E-state index contributed by atoms with van der Waals surface area (Å²) in [6.45, 7) is 5.30. The third-order valence-electron chi connectivity index (χ3n) is 2.71. The van der Waals surface area contributed by atoms with Gasteiger partial charge in [-0.3, -0.25) is 9.59 Å². The Morgan fingerprint density at radius 3 is 2.67 bits per heavy atom. The Morgan fingerprint density at radius 2 is 2.06 bits per heavy atom. The SMILES string of the molecule is CCCCN(C)C(=O)c1ccc(=O)n(CCC)n1.